The molecule has 0 spiro atoms. The Morgan fingerprint density at radius 1 is 1.44 bits per heavy atom. The van der Waals surface area contributed by atoms with Crippen LogP contribution in [0.4, 0.5) is 0 Å². The molecule has 0 heterocycles. The molecule has 0 aromatic heterocycles. The quantitative estimate of drug-likeness (QED) is 0.528. The lowest BCUT2D eigenvalue weighted by molar-refractivity contribution is 0.266. The van der Waals surface area contributed by atoms with Gasteiger partial charge in [0.2, 0.25) is 0 Å². The number of hydrogen-bond acceptors (Lipinski definition) is 1. The normalized spacial score (nSPS) is 14.6. The summed E-state index contributed by atoms with van der Waals surface area (Å²) in [5.74, 6) is 0.502. The summed E-state index contributed by atoms with van der Waals surface area (Å²) in [5.41, 5.74) is 0.287. The molecule has 0 aliphatic heterocycles. The van der Waals surface area contributed by atoms with Crippen molar-refractivity contribution < 1.29 is 0 Å². The van der Waals surface area contributed by atoms with E-state index in [1.54, 1.807) is 0 Å². The lowest BCUT2D eigenvalue weighted by atomic mass is 9.80. The summed E-state index contributed by atoms with van der Waals surface area (Å²) in [4.78, 5) is 0. The van der Waals surface area contributed by atoms with Gasteiger partial charge in [-0.25, -0.2) is 0 Å². The molecule has 0 aromatic rings. The highest BCUT2D eigenvalue weighted by Crippen LogP contribution is 2.27. The Kier molecular flexibility index (Phi) is 2.70. The molecule has 0 aliphatic carbocycles. The van der Waals surface area contributed by atoms with Crippen LogP contribution in [0.5, 0.6) is 0 Å². The molecule has 0 aromatic carbocycles. The van der Waals surface area contributed by atoms with Crippen molar-refractivity contribution in [1.29, 1.82) is 5.26 Å². The minimum atomic E-state index is 0.287. The summed E-state index contributed by atoms with van der Waals surface area (Å²) >= 11 is 0. The second kappa shape index (κ2) is 2.87. The van der Waals surface area contributed by atoms with Gasteiger partial charge in [0, 0.05) is 6.42 Å². The van der Waals surface area contributed by atoms with Gasteiger partial charge in [-0.2, -0.15) is 5.26 Å². The molecule has 0 radical (unpaired) electrons. The van der Waals surface area contributed by atoms with Crippen molar-refractivity contribution in [3.63, 3.8) is 0 Å². The average molecular weight is 125 g/mol. The summed E-state index contributed by atoms with van der Waals surface area (Å²) in [6.07, 6.45) is 0.670. The second-order valence-corrected chi connectivity index (χ2v) is 3.63. The topological polar surface area (TPSA) is 23.8 Å². The lowest BCUT2D eigenvalue weighted by Gasteiger charge is -2.24. The molecule has 1 heteroatoms. The first kappa shape index (κ1) is 8.49. The van der Waals surface area contributed by atoms with Gasteiger partial charge in [-0.3, -0.25) is 0 Å². The van der Waals surface area contributed by atoms with E-state index in [1.807, 2.05) is 0 Å². The Balaban J connectivity index is 3.76. The molecular formula is C8H15N. The summed E-state index contributed by atoms with van der Waals surface area (Å²) in [6.45, 7) is 8.60. The fraction of sp³-hybridized carbons (Fsp3) is 0.875. The summed E-state index contributed by atoms with van der Waals surface area (Å²) in [5, 5.41) is 8.35. The highest BCUT2D eigenvalue weighted by molar-refractivity contribution is 4.80. The number of nitrogens with zero attached hydrogens (tertiary/aromatic N) is 1. The molecule has 0 fully saturated rings. The van der Waals surface area contributed by atoms with E-state index in [2.05, 4.69) is 33.8 Å². The predicted molar refractivity (Wildman–Crippen MR) is 38.8 cm³/mol. The molecule has 52 valence electrons. The van der Waals surface area contributed by atoms with E-state index in [4.69, 9.17) is 5.26 Å². The molecular weight excluding hydrogens is 110 g/mol. The smallest absolute Gasteiger partial charge is 0.0624 e. The molecule has 1 unspecified atom stereocenters. The predicted octanol–water partition coefficient (Wildman–Crippen LogP) is 2.58. The van der Waals surface area contributed by atoms with Crippen molar-refractivity contribution in [1.82, 2.24) is 0 Å². The molecule has 0 amide bonds. The standard InChI is InChI=1S/C8H15N/c1-7(5-6-9)8(2,3)4/h7H,5H2,1-4H3. The largest absolute Gasteiger partial charge is 0.198 e. The monoisotopic (exact) mass is 125 g/mol. The maximum atomic E-state index is 8.35. The van der Waals surface area contributed by atoms with Gasteiger partial charge >= 0.3 is 0 Å². The molecule has 0 rings (SSSR count). The van der Waals surface area contributed by atoms with Crippen LogP contribution in [0.15, 0.2) is 0 Å². The molecule has 0 saturated heterocycles. The molecule has 1 atom stereocenters. The Hall–Kier alpha value is -0.510. The van der Waals surface area contributed by atoms with Crippen LogP contribution in [-0.4, -0.2) is 0 Å². The van der Waals surface area contributed by atoms with E-state index in [1.165, 1.54) is 0 Å². The maximum absolute atomic E-state index is 8.35. The van der Waals surface area contributed by atoms with Crippen molar-refractivity contribution in [2.45, 2.75) is 34.1 Å². The van der Waals surface area contributed by atoms with Gasteiger partial charge in [0.15, 0.2) is 0 Å². The first-order valence-electron chi connectivity index (χ1n) is 3.35. The van der Waals surface area contributed by atoms with Gasteiger partial charge in [-0.1, -0.05) is 27.7 Å². The van der Waals surface area contributed by atoms with Gasteiger partial charge in [-0.15, -0.1) is 0 Å². The fourth-order valence-electron chi connectivity index (χ4n) is 0.443. The number of hydrogen-bond donors (Lipinski definition) is 0. The van der Waals surface area contributed by atoms with E-state index >= 15 is 0 Å². The molecule has 0 bridgehead atoms. The molecule has 0 N–H and O–H groups in total. The molecule has 0 aliphatic rings. The lowest BCUT2D eigenvalue weighted by Crippen LogP contribution is -2.16. The van der Waals surface area contributed by atoms with Crippen LogP contribution in [0, 0.1) is 22.7 Å². The highest BCUT2D eigenvalue weighted by Gasteiger charge is 2.18. The number of nitriles is 1. The minimum Gasteiger partial charge on any atom is -0.198 e. The maximum Gasteiger partial charge on any atom is 0.0624 e. The Morgan fingerprint density at radius 3 is 2.00 bits per heavy atom. The van der Waals surface area contributed by atoms with Gasteiger partial charge in [0.1, 0.15) is 0 Å². The van der Waals surface area contributed by atoms with Crippen molar-refractivity contribution in [3.05, 3.63) is 0 Å². The highest BCUT2D eigenvalue weighted by atomic mass is 14.3. The van der Waals surface area contributed by atoms with Gasteiger partial charge in [0.05, 0.1) is 6.07 Å². The van der Waals surface area contributed by atoms with Crippen LogP contribution in [-0.2, 0) is 0 Å². The van der Waals surface area contributed by atoms with E-state index in [0.717, 1.165) is 0 Å². The van der Waals surface area contributed by atoms with Crippen LogP contribution < -0.4 is 0 Å². The first-order valence-corrected chi connectivity index (χ1v) is 3.35. The Morgan fingerprint density at radius 2 is 1.89 bits per heavy atom. The van der Waals surface area contributed by atoms with Crippen LogP contribution in [0.3, 0.4) is 0 Å². The summed E-state index contributed by atoms with van der Waals surface area (Å²) in [7, 11) is 0. The number of rotatable bonds is 1. The Bertz CT molecular complexity index is 114. The van der Waals surface area contributed by atoms with Crippen molar-refractivity contribution in [3.8, 4) is 6.07 Å². The van der Waals surface area contributed by atoms with Crippen molar-refractivity contribution in [2.24, 2.45) is 11.3 Å². The van der Waals surface area contributed by atoms with Crippen LogP contribution in [0.2, 0.25) is 0 Å². The third-order valence-electron chi connectivity index (χ3n) is 1.88. The van der Waals surface area contributed by atoms with E-state index < -0.39 is 0 Å². The first-order chi connectivity index (χ1) is 3.98. The summed E-state index contributed by atoms with van der Waals surface area (Å²) < 4.78 is 0. The van der Waals surface area contributed by atoms with Crippen LogP contribution in [0.25, 0.3) is 0 Å². The van der Waals surface area contributed by atoms with E-state index in [-0.39, 0.29) is 5.41 Å². The second-order valence-electron chi connectivity index (χ2n) is 3.63. The zero-order chi connectivity index (χ0) is 7.49. The Labute approximate surface area is 57.7 Å². The average Bonchev–Trinajstić information content (AvgIpc) is 1.64. The van der Waals surface area contributed by atoms with Gasteiger partial charge in [-0.05, 0) is 11.3 Å². The van der Waals surface area contributed by atoms with Gasteiger partial charge < -0.3 is 0 Å². The fourth-order valence-corrected chi connectivity index (χ4v) is 0.443. The van der Waals surface area contributed by atoms with E-state index in [9.17, 15) is 0 Å². The van der Waals surface area contributed by atoms with Crippen LogP contribution >= 0.6 is 0 Å². The third-order valence-corrected chi connectivity index (χ3v) is 1.88. The van der Waals surface area contributed by atoms with Crippen LogP contribution in [0.1, 0.15) is 34.1 Å². The molecule has 1 nitrogen and oxygen atoms in total. The van der Waals surface area contributed by atoms with Gasteiger partial charge in [0.25, 0.3) is 0 Å². The molecule has 9 heavy (non-hydrogen) atoms. The zero-order valence-corrected chi connectivity index (χ0v) is 6.73. The summed E-state index contributed by atoms with van der Waals surface area (Å²) in [6, 6.07) is 2.17. The van der Waals surface area contributed by atoms with Crippen molar-refractivity contribution >= 4 is 0 Å². The zero-order valence-electron chi connectivity index (χ0n) is 6.73. The molecule has 0 saturated carbocycles. The van der Waals surface area contributed by atoms with Crippen molar-refractivity contribution in [2.75, 3.05) is 0 Å². The third kappa shape index (κ3) is 3.13. The SMILES string of the molecule is CC(CC#N)C(C)(C)C. The van der Waals surface area contributed by atoms with E-state index in [0.29, 0.717) is 12.3 Å². The minimum absolute atomic E-state index is 0.287.